The van der Waals surface area contributed by atoms with Crippen LogP contribution in [0.25, 0.3) is 22.2 Å². The third-order valence-corrected chi connectivity index (χ3v) is 4.94. The zero-order chi connectivity index (χ0) is 18.6. The van der Waals surface area contributed by atoms with Gasteiger partial charge in [-0.1, -0.05) is 61.9 Å². The van der Waals surface area contributed by atoms with Gasteiger partial charge in [0.15, 0.2) is 0 Å². The Morgan fingerprint density at radius 1 is 0.889 bits per heavy atom. The highest BCUT2D eigenvalue weighted by molar-refractivity contribution is 5.78. The Kier molecular flexibility index (Phi) is 4.93. The first kappa shape index (κ1) is 17.3. The van der Waals surface area contributed by atoms with Crippen LogP contribution in [-0.2, 0) is 13.0 Å². The first-order valence-corrected chi connectivity index (χ1v) is 9.57. The van der Waals surface area contributed by atoms with E-state index in [1.54, 1.807) is 6.07 Å². The van der Waals surface area contributed by atoms with Crippen LogP contribution in [-0.4, -0.2) is 14.7 Å². The van der Waals surface area contributed by atoms with E-state index in [-0.39, 0.29) is 5.75 Å². The van der Waals surface area contributed by atoms with E-state index >= 15 is 0 Å². The van der Waals surface area contributed by atoms with E-state index in [4.69, 9.17) is 4.98 Å². The molecule has 3 heteroatoms. The van der Waals surface area contributed by atoms with Gasteiger partial charge in [0.25, 0.3) is 0 Å². The van der Waals surface area contributed by atoms with Gasteiger partial charge in [-0.2, -0.15) is 0 Å². The lowest BCUT2D eigenvalue weighted by atomic mass is 10.0. The first-order valence-electron chi connectivity index (χ1n) is 9.57. The number of rotatable bonds is 6. The number of aryl methyl sites for hydroxylation is 1. The largest absolute Gasteiger partial charge is 0.508 e. The molecule has 27 heavy (non-hydrogen) atoms. The molecule has 1 aromatic heterocycles. The zero-order valence-electron chi connectivity index (χ0n) is 15.6. The number of phenols is 1. The quantitative estimate of drug-likeness (QED) is 0.474. The summed E-state index contributed by atoms with van der Waals surface area (Å²) in [6.45, 7) is 2.95. The Bertz CT molecular complexity index is 1050. The van der Waals surface area contributed by atoms with E-state index in [0.717, 1.165) is 42.7 Å². The zero-order valence-corrected chi connectivity index (χ0v) is 15.6. The average Bonchev–Trinajstić information content (AvgIpc) is 3.04. The van der Waals surface area contributed by atoms with E-state index in [0.29, 0.717) is 0 Å². The molecular formula is C24H24N2O. The number of aromatic hydroxyl groups is 1. The third kappa shape index (κ3) is 3.72. The molecule has 0 amide bonds. The van der Waals surface area contributed by atoms with E-state index in [1.807, 2.05) is 18.2 Å². The van der Waals surface area contributed by atoms with Crippen LogP contribution in [0.3, 0.4) is 0 Å². The molecule has 0 fully saturated rings. The number of nitrogens with zero attached hydrogens (tertiary/aromatic N) is 2. The molecule has 0 aliphatic heterocycles. The summed E-state index contributed by atoms with van der Waals surface area (Å²) < 4.78 is 2.24. The van der Waals surface area contributed by atoms with Crippen molar-refractivity contribution in [1.29, 1.82) is 0 Å². The second kappa shape index (κ2) is 7.67. The molecule has 0 saturated carbocycles. The topological polar surface area (TPSA) is 38.1 Å². The SMILES string of the molecule is CCCCc1nc2ccc(O)cc2n1Cc1cccc(-c2ccccc2)c1. The Balaban J connectivity index is 1.73. The van der Waals surface area contributed by atoms with Crippen LogP contribution in [0.4, 0.5) is 0 Å². The Morgan fingerprint density at radius 3 is 2.52 bits per heavy atom. The summed E-state index contributed by atoms with van der Waals surface area (Å²) in [6.07, 6.45) is 3.20. The van der Waals surface area contributed by atoms with Crippen molar-refractivity contribution < 1.29 is 5.11 Å². The minimum absolute atomic E-state index is 0.281. The van der Waals surface area contributed by atoms with Crippen molar-refractivity contribution in [3.8, 4) is 16.9 Å². The maximum absolute atomic E-state index is 9.96. The van der Waals surface area contributed by atoms with Gasteiger partial charge in [0.2, 0.25) is 0 Å². The van der Waals surface area contributed by atoms with E-state index in [2.05, 4.69) is 60.0 Å². The minimum atomic E-state index is 0.281. The highest BCUT2D eigenvalue weighted by atomic mass is 16.3. The van der Waals surface area contributed by atoms with Gasteiger partial charge in [0.05, 0.1) is 11.0 Å². The second-order valence-electron chi connectivity index (χ2n) is 6.96. The van der Waals surface area contributed by atoms with Gasteiger partial charge in [-0.3, -0.25) is 0 Å². The van der Waals surface area contributed by atoms with Crippen LogP contribution < -0.4 is 0 Å². The van der Waals surface area contributed by atoms with Gasteiger partial charge in [-0.25, -0.2) is 4.98 Å². The number of fused-ring (bicyclic) bond motifs is 1. The van der Waals surface area contributed by atoms with Crippen LogP contribution in [0.15, 0.2) is 72.8 Å². The molecule has 0 aliphatic carbocycles. The van der Waals surface area contributed by atoms with Crippen LogP contribution >= 0.6 is 0 Å². The summed E-state index contributed by atoms with van der Waals surface area (Å²) in [7, 11) is 0. The molecule has 1 heterocycles. The smallest absolute Gasteiger partial charge is 0.117 e. The van der Waals surface area contributed by atoms with E-state index < -0.39 is 0 Å². The van der Waals surface area contributed by atoms with E-state index in [1.165, 1.54) is 16.7 Å². The van der Waals surface area contributed by atoms with Gasteiger partial charge < -0.3 is 9.67 Å². The number of phenolic OH excluding ortho intramolecular Hbond substituents is 1. The standard InChI is InChI=1S/C24H24N2O/c1-2-3-12-24-25-22-14-13-21(27)16-23(22)26(24)17-18-8-7-11-20(15-18)19-9-5-4-6-10-19/h4-11,13-16,27H,2-3,12,17H2,1H3. The maximum atomic E-state index is 9.96. The molecule has 4 rings (SSSR count). The highest BCUT2D eigenvalue weighted by Crippen LogP contribution is 2.25. The van der Waals surface area contributed by atoms with Gasteiger partial charge in [-0.05, 0) is 41.3 Å². The first-order chi connectivity index (χ1) is 13.2. The Hall–Kier alpha value is -3.07. The van der Waals surface area contributed by atoms with Crippen LogP contribution in [0.2, 0.25) is 0 Å². The lowest BCUT2D eigenvalue weighted by Crippen LogP contribution is -2.05. The van der Waals surface area contributed by atoms with Crippen molar-refractivity contribution in [1.82, 2.24) is 9.55 Å². The summed E-state index contributed by atoms with van der Waals surface area (Å²) >= 11 is 0. The van der Waals surface area contributed by atoms with Gasteiger partial charge in [0, 0.05) is 19.0 Å². The summed E-state index contributed by atoms with van der Waals surface area (Å²) in [5.41, 5.74) is 5.61. The number of hydrogen-bond acceptors (Lipinski definition) is 2. The van der Waals surface area contributed by atoms with Crippen molar-refractivity contribution in [3.05, 3.63) is 84.2 Å². The minimum Gasteiger partial charge on any atom is -0.508 e. The fraction of sp³-hybridized carbons (Fsp3) is 0.208. The monoisotopic (exact) mass is 356 g/mol. The molecular weight excluding hydrogens is 332 g/mol. The molecule has 0 aliphatic rings. The van der Waals surface area contributed by atoms with Gasteiger partial charge in [0.1, 0.15) is 11.6 Å². The summed E-state index contributed by atoms with van der Waals surface area (Å²) in [5, 5.41) is 9.96. The van der Waals surface area contributed by atoms with Crippen LogP contribution in [0.5, 0.6) is 5.75 Å². The molecule has 136 valence electrons. The van der Waals surface area contributed by atoms with Crippen LogP contribution in [0.1, 0.15) is 31.2 Å². The fourth-order valence-electron chi connectivity index (χ4n) is 3.53. The number of benzene rings is 3. The van der Waals surface area contributed by atoms with Crippen molar-refractivity contribution >= 4 is 11.0 Å². The number of unbranched alkanes of at least 4 members (excludes halogenated alkanes) is 1. The molecule has 0 spiro atoms. The van der Waals surface area contributed by atoms with Crippen molar-refractivity contribution in [2.75, 3.05) is 0 Å². The summed E-state index contributed by atoms with van der Waals surface area (Å²) in [6, 6.07) is 24.5. The molecule has 0 radical (unpaired) electrons. The predicted molar refractivity (Wildman–Crippen MR) is 111 cm³/mol. The number of aromatic nitrogens is 2. The molecule has 0 unspecified atom stereocenters. The molecule has 4 aromatic rings. The predicted octanol–water partition coefficient (Wildman–Crippen LogP) is 5.80. The van der Waals surface area contributed by atoms with Crippen molar-refractivity contribution in [2.24, 2.45) is 0 Å². The molecule has 0 atom stereocenters. The fourth-order valence-corrected chi connectivity index (χ4v) is 3.53. The van der Waals surface area contributed by atoms with Crippen molar-refractivity contribution in [2.45, 2.75) is 32.7 Å². The molecule has 3 nitrogen and oxygen atoms in total. The maximum Gasteiger partial charge on any atom is 0.117 e. The number of imidazole rings is 1. The molecule has 0 bridgehead atoms. The summed E-state index contributed by atoms with van der Waals surface area (Å²) in [4.78, 5) is 4.82. The lowest BCUT2D eigenvalue weighted by molar-refractivity contribution is 0.476. The molecule has 0 saturated heterocycles. The second-order valence-corrected chi connectivity index (χ2v) is 6.96. The van der Waals surface area contributed by atoms with Gasteiger partial charge in [-0.15, -0.1) is 0 Å². The van der Waals surface area contributed by atoms with Crippen LogP contribution in [0, 0.1) is 0 Å². The van der Waals surface area contributed by atoms with Gasteiger partial charge >= 0.3 is 0 Å². The van der Waals surface area contributed by atoms with Crippen molar-refractivity contribution in [3.63, 3.8) is 0 Å². The average molecular weight is 356 g/mol. The molecule has 1 N–H and O–H groups in total. The molecule has 3 aromatic carbocycles. The summed E-state index contributed by atoms with van der Waals surface area (Å²) in [5.74, 6) is 1.37. The highest BCUT2D eigenvalue weighted by Gasteiger charge is 2.12. The normalized spacial score (nSPS) is 11.1. The number of hydrogen-bond donors (Lipinski definition) is 1. The Labute approximate surface area is 159 Å². The lowest BCUT2D eigenvalue weighted by Gasteiger charge is -2.11. The Morgan fingerprint density at radius 2 is 1.70 bits per heavy atom. The van der Waals surface area contributed by atoms with E-state index in [9.17, 15) is 5.11 Å². The third-order valence-electron chi connectivity index (χ3n) is 4.94.